The lowest BCUT2D eigenvalue weighted by Crippen LogP contribution is -2.40. The summed E-state index contributed by atoms with van der Waals surface area (Å²) in [5.74, 6) is 1.46. The maximum absolute atomic E-state index is 12.6. The maximum Gasteiger partial charge on any atom is 0.315 e. The molecule has 26 heavy (non-hydrogen) atoms. The van der Waals surface area contributed by atoms with Crippen LogP contribution in [-0.2, 0) is 6.42 Å². The molecule has 2 aromatic rings. The zero-order valence-corrected chi connectivity index (χ0v) is 15.5. The number of rotatable bonds is 5. The number of carbonyl (C=O) groups excluding carboxylic acids is 1. The van der Waals surface area contributed by atoms with Crippen molar-refractivity contribution in [1.82, 2.24) is 10.6 Å². The van der Waals surface area contributed by atoms with Crippen molar-refractivity contribution in [1.29, 1.82) is 0 Å². The molecule has 2 atom stereocenters. The normalized spacial score (nSPS) is 17.0. The van der Waals surface area contributed by atoms with Crippen LogP contribution >= 0.6 is 0 Å². The predicted molar refractivity (Wildman–Crippen MR) is 102 cm³/mol. The summed E-state index contributed by atoms with van der Waals surface area (Å²) in [4.78, 5) is 12.6. The second-order valence-corrected chi connectivity index (χ2v) is 6.59. The van der Waals surface area contributed by atoms with Crippen molar-refractivity contribution in [2.45, 2.75) is 38.3 Å². The summed E-state index contributed by atoms with van der Waals surface area (Å²) in [6.07, 6.45) is 3.12. The van der Waals surface area contributed by atoms with Gasteiger partial charge in [-0.15, -0.1) is 0 Å². The summed E-state index contributed by atoms with van der Waals surface area (Å²) in [7, 11) is 3.24. The summed E-state index contributed by atoms with van der Waals surface area (Å²) in [5, 5.41) is 6.13. The van der Waals surface area contributed by atoms with Gasteiger partial charge in [0.25, 0.3) is 0 Å². The summed E-state index contributed by atoms with van der Waals surface area (Å²) in [6.45, 7) is 1.94. The van der Waals surface area contributed by atoms with Crippen LogP contribution in [0.25, 0.3) is 0 Å². The molecule has 2 aromatic carbocycles. The molecule has 0 aliphatic heterocycles. The number of aryl methyl sites for hydroxylation is 1. The van der Waals surface area contributed by atoms with E-state index in [1.54, 1.807) is 14.2 Å². The van der Waals surface area contributed by atoms with Crippen molar-refractivity contribution in [3.63, 3.8) is 0 Å². The summed E-state index contributed by atoms with van der Waals surface area (Å²) in [5.41, 5.74) is 3.43. The van der Waals surface area contributed by atoms with Crippen LogP contribution in [0.5, 0.6) is 11.5 Å². The van der Waals surface area contributed by atoms with Crippen molar-refractivity contribution < 1.29 is 14.3 Å². The van der Waals surface area contributed by atoms with E-state index in [1.165, 1.54) is 11.1 Å². The molecule has 2 amide bonds. The molecule has 3 rings (SSSR count). The molecule has 1 aliphatic rings. The Kier molecular flexibility index (Phi) is 5.66. The Hall–Kier alpha value is -2.69. The first-order valence-corrected chi connectivity index (χ1v) is 8.99. The number of hydrogen-bond acceptors (Lipinski definition) is 3. The average molecular weight is 354 g/mol. The number of amides is 2. The number of benzene rings is 2. The highest BCUT2D eigenvalue weighted by Gasteiger charge is 2.22. The lowest BCUT2D eigenvalue weighted by molar-refractivity contribution is 0.232. The van der Waals surface area contributed by atoms with E-state index in [9.17, 15) is 4.79 Å². The van der Waals surface area contributed by atoms with E-state index >= 15 is 0 Å². The Morgan fingerprint density at radius 3 is 2.73 bits per heavy atom. The van der Waals surface area contributed by atoms with Crippen LogP contribution < -0.4 is 20.1 Å². The van der Waals surface area contributed by atoms with Gasteiger partial charge in [0.2, 0.25) is 0 Å². The monoisotopic (exact) mass is 354 g/mol. The summed E-state index contributed by atoms with van der Waals surface area (Å²) < 4.78 is 10.7. The first kappa shape index (κ1) is 18.1. The molecule has 1 aliphatic carbocycles. The molecule has 5 heteroatoms. The van der Waals surface area contributed by atoms with Gasteiger partial charge in [-0.25, -0.2) is 4.79 Å². The molecule has 2 N–H and O–H groups in total. The highest BCUT2D eigenvalue weighted by Crippen LogP contribution is 2.31. The van der Waals surface area contributed by atoms with Gasteiger partial charge >= 0.3 is 6.03 Å². The quantitative estimate of drug-likeness (QED) is 0.848. The van der Waals surface area contributed by atoms with Gasteiger partial charge in [0, 0.05) is 5.56 Å². The van der Waals surface area contributed by atoms with E-state index in [2.05, 4.69) is 28.8 Å². The van der Waals surface area contributed by atoms with Crippen LogP contribution in [0, 0.1) is 0 Å². The van der Waals surface area contributed by atoms with Crippen molar-refractivity contribution in [3.8, 4) is 11.5 Å². The fourth-order valence-electron chi connectivity index (χ4n) is 3.56. The van der Waals surface area contributed by atoms with Crippen molar-refractivity contribution in [3.05, 3.63) is 59.2 Å². The number of methoxy groups -OCH3 is 2. The highest BCUT2D eigenvalue weighted by molar-refractivity contribution is 5.75. The fourth-order valence-corrected chi connectivity index (χ4v) is 3.56. The van der Waals surface area contributed by atoms with Crippen LogP contribution in [0.3, 0.4) is 0 Å². The largest absolute Gasteiger partial charge is 0.497 e. The molecule has 138 valence electrons. The van der Waals surface area contributed by atoms with Gasteiger partial charge in [0.1, 0.15) is 11.5 Å². The summed E-state index contributed by atoms with van der Waals surface area (Å²) >= 11 is 0. The topological polar surface area (TPSA) is 59.6 Å². The molecule has 0 saturated carbocycles. The Morgan fingerprint density at radius 2 is 1.96 bits per heavy atom. The van der Waals surface area contributed by atoms with Gasteiger partial charge < -0.3 is 20.1 Å². The van der Waals surface area contributed by atoms with Crippen molar-refractivity contribution in [2.75, 3.05) is 14.2 Å². The molecular weight excluding hydrogens is 328 g/mol. The molecule has 0 spiro atoms. The highest BCUT2D eigenvalue weighted by atomic mass is 16.5. The molecule has 0 heterocycles. The Labute approximate surface area is 154 Å². The molecule has 0 radical (unpaired) electrons. The van der Waals surface area contributed by atoms with E-state index < -0.39 is 0 Å². The lowest BCUT2D eigenvalue weighted by Gasteiger charge is -2.27. The zero-order chi connectivity index (χ0) is 18.5. The molecule has 0 saturated heterocycles. The van der Waals surface area contributed by atoms with Gasteiger partial charge in [-0.05, 0) is 55.5 Å². The lowest BCUT2D eigenvalue weighted by atomic mass is 9.88. The fraction of sp³-hybridized carbons (Fsp3) is 0.381. The van der Waals surface area contributed by atoms with E-state index in [0.717, 1.165) is 36.3 Å². The molecule has 0 aromatic heterocycles. The zero-order valence-electron chi connectivity index (χ0n) is 15.5. The predicted octanol–water partition coefficient (Wildman–Crippen LogP) is 4.14. The molecule has 0 fully saturated rings. The molecular formula is C21H26N2O3. The first-order chi connectivity index (χ1) is 12.6. The smallest absolute Gasteiger partial charge is 0.315 e. The van der Waals surface area contributed by atoms with Gasteiger partial charge in [-0.3, -0.25) is 0 Å². The van der Waals surface area contributed by atoms with E-state index in [1.807, 2.05) is 31.2 Å². The molecule has 2 unspecified atom stereocenters. The minimum absolute atomic E-state index is 0.0550. The van der Waals surface area contributed by atoms with Gasteiger partial charge in [-0.1, -0.05) is 24.3 Å². The van der Waals surface area contributed by atoms with Crippen LogP contribution in [0.15, 0.2) is 42.5 Å². The minimum Gasteiger partial charge on any atom is -0.497 e. The number of nitrogens with one attached hydrogen (secondary N) is 2. The van der Waals surface area contributed by atoms with Crippen LogP contribution in [0.2, 0.25) is 0 Å². The second-order valence-electron chi connectivity index (χ2n) is 6.59. The number of hydrogen-bond donors (Lipinski definition) is 2. The van der Waals surface area contributed by atoms with Crippen LogP contribution in [0.4, 0.5) is 4.79 Å². The maximum atomic E-state index is 12.6. The van der Waals surface area contributed by atoms with Gasteiger partial charge in [0.05, 0.1) is 26.3 Å². The number of fused-ring (bicyclic) bond motifs is 1. The third-order valence-electron chi connectivity index (χ3n) is 4.93. The van der Waals surface area contributed by atoms with Crippen molar-refractivity contribution in [2.24, 2.45) is 0 Å². The molecule has 5 nitrogen and oxygen atoms in total. The van der Waals surface area contributed by atoms with E-state index in [-0.39, 0.29) is 18.1 Å². The number of carbonyl (C=O) groups is 1. The third-order valence-corrected chi connectivity index (χ3v) is 4.93. The SMILES string of the molecule is COc1ccc(OC)c(C(C)NC(=O)NC2CCCc3ccccc32)c1. The van der Waals surface area contributed by atoms with Crippen LogP contribution in [0.1, 0.15) is 48.5 Å². The van der Waals surface area contributed by atoms with Crippen molar-refractivity contribution >= 4 is 6.03 Å². The second kappa shape index (κ2) is 8.13. The van der Waals surface area contributed by atoms with E-state index in [0.29, 0.717) is 0 Å². The minimum atomic E-state index is -0.209. The molecule has 0 bridgehead atoms. The number of urea groups is 1. The Morgan fingerprint density at radius 1 is 1.15 bits per heavy atom. The van der Waals surface area contributed by atoms with Gasteiger partial charge in [0.15, 0.2) is 0 Å². The van der Waals surface area contributed by atoms with E-state index in [4.69, 9.17) is 9.47 Å². The Balaban J connectivity index is 1.69. The average Bonchev–Trinajstić information content (AvgIpc) is 2.67. The first-order valence-electron chi connectivity index (χ1n) is 8.99. The number of ether oxygens (including phenoxy) is 2. The standard InChI is InChI=1S/C21H26N2O3/c1-14(18-13-16(25-2)11-12-20(18)26-3)22-21(24)23-19-10-6-8-15-7-4-5-9-17(15)19/h4-5,7,9,11-14,19H,6,8,10H2,1-3H3,(H2,22,23,24). The van der Waals surface area contributed by atoms with Crippen LogP contribution in [-0.4, -0.2) is 20.3 Å². The Bertz CT molecular complexity index is 776. The summed E-state index contributed by atoms with van der Waals surface area (Å²) in [6, 6.07) is 13.6. The van der Waals surface area contributed by atoms with Gasteiger partial charge in [-0.2, -0.15) is 0 Å². The third kappa shape index (κ3) is 3.93.